The predicted molar refractivity (Wildman–Crippen MR) is 132 cm³/mol. The van der Waals surface area contributed by atoms with Gasteiger partial charge in [0.25, 0.3) is 0 Å². The van der Waals surface area contributed by atoms with E-state index in [1.807, 2.05) is 13.0 Å². The molecule has 1 saturated heterocycles. The van der Waals surface area contributed by atoms with Crippen LogP contribution < -0.4 is 16.0 Å². The molecule has 1 fully saturated rings. The number of nitrogens with one attached hydrogen (secondary N) is 1. The number of pyridine rings is 3. The number of hydrogen-bond donors (Lipinski definition) is 3. The van der Waals surface area contributed by atoms with Crippen LogP contribution in [0.4, 0.5) is 24.5 Å². The first-order chi connectivity index (χ1) is 17.3. The monoisotopic (exact) mass is 494 g/mol. The summed E-state index contributed by atoms with van der Waals surface area (Å²) in [6.45, 7) is 3.18. The van der Waals surface area contributed by atoms with Crippen LogP contribution in [0.3, 0.4) is 0 Å². The highest BCUT2D eigenvalue weighted by molar-refractivity contribution is 5.85. The number of piperidine rings is 1. The zero-order chi connectivity index (χ0) is 25.4. The molecule has 0 spiro atoms. The van der Waals surface area contributed by atoms with Crippen LogP contribution in [0.25, 0.3) is 22.2 Å². The molecule has 0 radical (unpaired) electrons. The van der Waals surface area contributed by atoms with Gasteiger partial charge in [-0.2, -0.15) is 0 Å². The highest BCUT2D eigenvalue weighted by Gasteiger charge is 2.31. The summed E-state index contributed by atoms with van der Waals surface area (Å²) >= 11 is 0. The highest BCUT2D eigenvalue weighted by Crippen LogP contribution is 2.33. The van der Waals surface area contributed by atoms with Crippen molar-refractivity contribution >= 4 is 22.3 Å². The first kappa shape index (κ1) is 24.0. The molecule has 36 heavy (non-hydrogen) atoms. The van der Waals surface area contributed by atoms with Gasteiger partial charge in [-0.25, -0.2) is 18.2 Å². The molecular weight excluding hydrogens is 469 g/mol. The van der Waals surface area contributed by atoms with Crippen molar-refractivity contribution in [2.75, 3.05) is 23.3 Å². The number of benzene rings is 1. The van der Waals surface area contributed by atoms with Gasteiger partial charge in [-0.1, -0.05) is 6.92 Å². The summed E-state index contributed by atoms with van der Waals surface area (Å²) in [5.74, 6) is -2.71. The van der Waals surface area contributed by atoms with Crippen LogP contribution in [0, 0.1) is 23.4 Å². The lowest BCUT2D eigenvalue weighted by atomic mass is 9.92. The van der Waals surface area contributed by atoms with Crippen molar-refractivity contribution in [2.24, 2.45) is 11.7 Å². The fraction of sp³-hybridized carbons (Fsp3) is 0.269. The third-order valence-corrected chi connectivity index (χ3v) is 6.50. The van der Waals surface area contributed by atoms with Gasteiger partial charge in [0.1, 0.15) is 23.1 Å². The van der Waals surface area contributed by atoms with Crippen LogP contribution in [0.15, 0.2) is 55.0 Å². The van der Waals surface area contributed by atoms with Crippen LogP contribution in [-0.2, 0) is 6.54 Å². The van der Waals surface area contributed by atoms with E-state index < -0.39 is 40.9 Å². The summed E-state index contributed by atoms with van der Waals surface area (Å²) in [6, 6.07) is 8.11. The summed E-state index contributed by atoms with van der Waals surface area (Å²) < 4.78 is 44.7. The lowest BCUT2D eigenvalue weighted by Gasteiger charge is -2.40. The van der Waals surface area contributed by atoms with Crippen LogP contribution in [0.5, 0.6) is 0 Å². The largest absolute Gasteiger partial charge is 0.391 e. The molecule has 4 aromatic rings. The van der Waals surface area contributed by atoms with E-state index >= 15 is 4.39 Å². The maximum Gasteiger partial charge on any atom is 0.149 e. The summed E-state index contributed by atoms with van der Waals surface area (Å²) in [5.41, 5.74) is 7.23. The smallest absolute Gasteiger partial charge is 0.149 e. The van der Waals surface area contributed by atoms with Gasteiger partial charge in [0.05, 0.1) is 47.0 Å². The Kier molecular flexibility index (Phi) is 6.46. The van der Waals surface area contributed by atoms with Gasteiger partial charge < -0.3 is 21.1 Å². The fourth-order valence-corrected chi connectivity index (χ4v) is 4.62. The van der Waals surface area contributed by atoms with Crippen molar-refractivity contribution in [3.8, 4) is 11.3 Å². The zero-order valence-electron chi connectivity index (χ0n) is 19.5. The Morgan fingerprint density at radius 3 is 2.75 bits per heavy atom. The number of nitrogens with two attached hydrogens (primary N) is 1. The van der Waals surface area contributed by atoms with Crippen molar-refractivity contribution in [2.45, 2.75) is 25.6 Å². The van der Waals surface area contributed by atoms with Gasteiger partial charge in [-0.3, -0.25) is 9.97 Å². The molecule has 0 bridgehead atoms. The number of fused-ring (bicyclic) bond motifs is 1. The predicted octanol–water partition coefficient (Wildman–Crippen LogP) is 3.87. The number of nitrogens with zero attached hydrogens (tertiary/aromatic N) is 4. The van der Waals surface area contributed by atoms with Gasteiger partial charge in [0.15, 0.2) is 0 Å². The van der Waals surface area contributed by atoms with Crippen molar-refractivity contribution in [3.63, 3.8) is 0 Å². The number of rotatable bonds is 5. The second-order valence-corrected chi connectivity index (χ2v) is 9.03. The molecule has 1 aliphatic rings. The molecule has 0 aliphatic carbocycles. The Labute approximate surface area is 205 Å². The molecule has 5 rings (SSSR count). The minimum Gasteiger partial charge on any atom is -0.391 e. The Hall–Kier alpha value is -3.76. The highest BCUT2D eigenvalue weighted by atomic mass is 19.1. The summed E-state index contributed by atoms with van der Waals surface area (Å²) in [4.78, 5) is 14.5. The van der Waals surface area contributed by atoms with Gasteiger partial charge in [-0.05, 0) is 30.3 Å². The van der Waals surface area contributed by atoms with Crippen molar-refractivity contribution in [1.82, 2.24) is 15.0 Å². The maximum absolute atomic E-state index is 15.2. The maximum atomic E-state index is 15.2. The number of aliphatic hydroxyl groups is 1. The number of anilines is 2. The molecule has 4 N–H and O–H groups in total. The van der Waals surface area contributed by atoms with Crippen LogP contribution in [0.1, 0.15) is 12.6 Å². The van der Waals surface area contributed by atoms with Gasteiger partial charge >= 0.3 is 0 Å². The average molecular weight is 495 g/mol. The van der Waals surface area contributed by atoms with Crippen LogP contribution >= 0.6 is 0 Å². The SMILES string of the molecule is CC1CN(c2ccncc2NCc2ccc(F)c(-c3c(F)cc4ncccc4c3F)n2)CC(N)C1O. The Bertz CT molecular complexity index is 1410. The molecule has 10 heteroatoms. The molecule has 3 aromatic heterocycles. The standard InChI is InChI=1S/C26H25F3N6O/c1-14-12-35(13-19(30)26(14)36)22-6-8-31-11-21(22)33-10-15-4-5-17(27)25(34-15)23-18(28)9-20-16(24(23)29)3-2-7-32-20/h2-9,11,14,19,26,33,36H,10,12-13,30H2,1H3. The van der Waals surface area contributed by atoms with Gasteiger partial charge in [0.2, 0.25) is 0 Å². The second kappa shape index (κ2) is 9.71. The number of aromatic nitrogens is 3. The number of hydrogen-bond acceptors (Lipinski definition) is 7. The molecular formula is C26H25F3N6O. The van der Waals surface area contributed by atoms with E-state index in [4.69, 9.17) is 5.73 Å². The van der Waals surface area contributed by atoms with E-state index in [2.05, 4.69) is 25.2 Å². The molecule has 3 atom stereocenters. The molecule has 0 saturated carbocycles. The molecule has 1 aromatic carbocycles. The minimum atomic E-state index is -0.942. The molecule has 4 heterocycles. The topological polar surface area (TPSA) is 100 Å². The molecule has 3 unspecified atom stereocenters. The van der Waals surface area contributed by atoms with Crippen molar-refractivity contribution in [3.05, 3.63) is 78.1 Å². The molecule has 7 nitrogen and oxygen atoms in total. The summed E-state index contributed by atoms with van der Waals surface area (Å²) in [6.07, 6.45) is 4.17. The number of halogens is 3. The minimum absolute atomic E-state index is 0.0157. The van der Waals surface area contributed by atoms with Crippen molar-refractivity contribution in [1.29, 1.82) is 0 Å². The van der Waals surface area contributed by atoms with E-state index in [0.717, 1.165) is 17.8 Å². The first-order valence-corrected chi connectivity index (χ1v) is 11.6. The normalized spacial score (nSPS) is 20.1. The van der Waals surface area contributed by atoms with Gasteiger partial charge in [-0.15, -0.1) is 0 Å². The third kappa shape index (κ3) is 4.45. The summed E-state index contributed by atoms with van der Waals surface area (Å²) in [5, 5.41) is 13.5. The molecule has 0 amide bonds. The van der Waals surface area contributed by atoms with Crippen LogP contribution in [0.2, 0.25) is 0 Å². The van der Waals surface area contributed by atoms with Crippen LogP contribution in [-0.4, -0.2) is 45.3 Å². The molecule has 1 aliphatic heterocycles. The van der Waals surface area contributed by atoms with Crippen molar-refractivity contribution < 1.29 is 18.3 Å². The first-order valence-electron chi connectivity index (χ1n) is 11.6. The van der Waals surface area contributed by atoms with E-state index in [9.17, 15) is 13.9 Å². The lowest BCUT2D eigenvalue weighted by molar-refractivity contribution is 0.0785. The second-order valence-electron chi connectivity index (χ2n) is 9.03. The molecule has 186 valence electrons. The van der Waals surface area contributed by atoms with E-state index in [0.29, 0.717) is 24.5 Å². The summed E-state index contributed by atoms with van der Waals surface area (Å²) in [7, 11) is 0. The Balaban J connectivity index is 1.43. The van der Waals surface area contributed by atoms with E-state index in [1.165, 1.54) is 24.4 Å². The number of aliphatic hydroxyl groups excluding tert-OH is 1. The quantitative estimate of drug-likeness (QED) is 0.387. The van der Waals surface area contributed by atoms with E-state index in [1.54, 1.807) is 12.4 Å². The zero-order valence-corrected chi connectivity index (χ0v) is 19.5. The fourth-order valence-electron chi connectivity index (χ4n) is 4.62. The van der Waals surface area contributed by atoms with Gasteiger partial charge in [0, 0.05) is 48.9 Å². The van der Waals surface area contributed by atoms with E-state index in [-0.39, 0.29) is 23.4 Å². The average Bonchev–Trinajstić information content (AvgIpc) is 2.87. The third-order valence-electron chi connectivity index (χ3n) is 6.50. The lowest BCUT2D eigenvalue weighted by Crippen LogP contribution is -2.55. The Morgan fingerprint density at radius 1 is 1.11 bits per heavy atom. The Morgan fingerprint density at radius 2 is 1.94 bits per heavy atom.